The number of aryl methyl sites for hydroxylation is 1. The van der Waals surface area contributed by atoms with Gasteiger partial charge in [-0.05, 0) is 36.8 Å². The van der Waals surface area contributed by atoms with Gasteiger partial charge in [-0.3, -0.25) is 11.3 Å². The normalized spacial score (nSPS) is 12.8. The molecule has 1 heterocycles. The van der Waals surface area contributed by atoms with Crippen LogP contribution in [0, 0.1) is 0 Å². The molecule has 0 bridgehead atoms. The molecule has 0 saturated heterocycles. The number of hydrogen-bond acceptors (Lipinski definition) is 3. The second-order valence-corrected chi connectivity index (χ2v) is 4.49. The number of hydrazine groups is 1. The fourth-order valence-electron chi connectivity index (χ4n) is 1.52. The number of nitrogens with one attached hydrogen (secondary N) is 1. The fraction of sp³-hybridized carbons (Fsp3) is 0.455. The Labute approximate surface area is 89.8 Å². The minimum Gasteiger partial charge on any atom is -0.271 e. The van der Waals surface area contributed by atoms with Crippen molar-refractivity contribution in [1.29, 1.82) is 0 Å². The van der Waals surface area contributed by atoms with Gasteiger partial charge in [0, 0.05) is 4.88 Å². The first kappa shape index (κ1) is 11.4. The maximum absolute atomic E-state index is 5.55. The van der Waals surface area contributed by atoms with Crippen LogP contribution in [0.1, 0.15) is 36.8 Å². The van der Waals surface area contributed by atoms with Gasteiger partial charge in [-0.15, -0.1) is 17.9 Å². The first-order valence-electron chi connectivity index (χ1n) is 4.85. The Bertz CT molecular complexity index is 304. The molecule has 1 unspecified atom stereocenters. The third-order valence-corrected chi connectivity index (χ3v) is 3.30. The number of thiophene rings is 1. The van der Waals surface area contributed by atoms with E-state index in [2.05, 4.69) is 30.4 Å². The predicted octanol–water partition coefficient (Wildman–Crippen LogP) is 2.78. The van der Waals surface area contributed by atoms with E-state index in [0.29, 0.717) is 0 Å². The molecular formula is C11H18N2S. The maximum atomic E-state index is 5.55. The second kappa shape index (κ2) is 5.29. The molecule has 1 atom stereocenters. The smallest absolute Gasteiger partial charge is 0.0592 e. The van der Waals surface area contributed by atoms with Gasteiger partial charge in [0.2, 0.25) is 0 Å². The quantitative estimate of drug-likeness (QED) is 0.445. The Kier molecular flexibility index (Phi) is 4.32. The van der Waals surface area contributed by atoms with Crippen molar-refractivity contribution >= 4 is 11.3 Å². The van der Waals surface area contributed by atoms with Crippen LogP contribution < -0.4 is 11.3 Å². The van der Waals surface area contributed by atoms with Crippen molar-refractivity contribution < 1.29 is 0 Å². The minimum atomic E-state index is 0.224. The summed E-state index contributed by atoms with van der Waals surface area (Å²) >= 11 is 1.77. The number of nitrogens with two attached hydrogens (primary N) is 1. The lowest BCUT2D eigenvalue weighted by atomic mass is 10.0. The highest BCUT2D eigenvalue weighted by Crippen LogP contribution is 2.28. The van der Waals surface area contributed by atoms with Crippen LogP contribution in [0.25, 0.3) is 0 Å². The number of rotatable bonds is 5. The third-order valence-electron chi connectivity index (χ3n) is 2.23. The van der Waals surface area contributed by atoms with Crippen LogP contribution in [0.3, 0.4) is 0 Å². The van der Waals surface area contributed by atoms with E-state index in [9.17, 15) is 0 Å². The average Bonchev–Trinajstić information content (AvgIpc) is 2.61. The van der Waals surface area contributed by atoms with Gasteiger partial charge >= 0.3 is 0 Å². The molecule has 1 aromatic heterocycles. The summed E-state index contributed by atoms with van der Waals surface area (Å²) in [4.78, 5) is 1.35. The van der Waals surface area contributed by atoms with Crippen molar-refractivity contribution in [2.24, 2.45) is 5.84 Å². The molecular weight excluding hydrogens is 192 g/mol. The molecule has 0 fully saturated rings. The molecule has 0 aliphatic carbocycles. The number of hydrogen-bond donors (Lipinski definition) is 2. The zero-order valence-electron chi connectivity index (χ0n) is 8.84. The van der Waals surface area contributed by atoms with Crippen LogP contribution >= 0.6 is 11.3 Å². The van der Waals surface area contributed by atoms with Gasteiger partial charge in [-0.25, -0.2) is 0 Å². The summed E-state index contributed by atoms with van der Waals surface area (Å²) in [6.07, 6.45) is 1.97. The summed E-state index contributed by atoms with van der Waals surface area (Å²) in [5.74, 6) is 5.55. The monoisotopic (exact) mass is 210 g/mol. The molecule has 0 amide bonds. The maximum Gasteiger partial charge on any atom is 0.0592 e. The van der Waals surface area contributed by atoms with E-state index in [1.165, 1.54) is 10.4 Å². The molecule has 3 N–H and O–H groups in total. The molecule has 14 heavy (non-hydrogen) atoms. The molecule has 78 valence electrons. The van der Waals surface area contributed by atoms with Gasteiger partial charge < -0.3 is 0 Å². The van der Waals surface area contributed by atoms with Gasteiger partial charge in [0.1, 0.15) is 0 Å². The zero-order valence-corrected chi connectivity index (χ0v) is 9.66. The van der Waals surface area contributed by atoms with Crippen LogP contribution in [0.15, 0.2) is 23.6 Å². The topological polar surface area (TPSA) is 38.0 Å². The Morgan fingerprint density at radius 3 is 2.93 bits per heavy atom. The lowest BCUT2D eigenvalue weighted by molar-refractivity contribution is 0.555. The fourth-order valence-corrected chi connectivity index (χ4v) is 2.58. The average molecular weight is 210 g/mol. The van der Waals surface area contributed by atoms with Gasteiger partial charge in [-0.1, -0.05) is 12.5 Å². The van der Waals surface area contributed by atoms with E-state index < -0.39 is 0 Å². The molecule has 1 rings (SSSR count). The van der Waals surface area contributed by atoms with Crippen LogP contribution in [0.5, 0.6) is 0 Å². The van der Waals surface area contributed by atoms with E-state index >= 15 is 0 Å². The highest BCUT2D eigenvalue weighted by atomic mass is 32.1. The molecule has 0 radical (unpaired) electrons. The summed E-state index contributed by atoms with van der Waals surface area (Å²) in [5.41, 5.74) is 5.40. The summed E-state index contributed by atoms with van der Waals surface area (Å²) in [5, 5.41) is 2.12. The highest BCUT2D eigenvalue weighted by molar-refractivity contribution is 7.10. The Morgan fingerprint density at radius 2 is 2.43 bits per heavy atom. The Balaban J connectivity index is 2.82. The first-order chi connectivity index (χ1) is 6.69. The van der Waals surface area contributed by atoms with Gasteiger partial charge in [-0.2, -0.15) is 0 Å². The Hall–Kier alpha value is -0.640. The third kappa shape index (κ3) is 2.67. The molecule has 3 heteroatoms. The first-order valence-corrected chi connectivity index (χ1v) is 5.73. The van der Waals surface area contributed by atoms with Gasteiger partial charge in [0.05, 0.1) is 6.04 Å². The summed E-state index contributed by atoms with van der Waals surface area (Å²) in [6.45, 7) is 8.12. The van der Waals surface area contributed by atoms with Crippen molar-refractivity contribution in [3.05, 3.63) is 34.0 Å². The van der Waals surface area contributed by atoms with E-state index in [4.69, 9.17) is 5.84 Å². The summed E-state index contributed by atoms with van der Waals surface area (Å²) in [6, 6.07) is 2.39. The molecule has 0 aliphatic heterocycles. The van der Waals surface area contributed by atoms with E-state index in [-0.39, 0.29) is 6.04 Å². The van der Waals surface area contributed by atoms with Crippen LogP contribution in [-0.2, 0) is 6.42 Å². The van der Waals surface area contributed by atoms with Crippen molar-refractivity contribution in [2.45, 2.75) is 32.7 Å². The molecule has 0 aromatic carbocycles. The summed E-state index contributed by atoms with van der Waals surface area (Å²) in [7, 11) is 0. The second-order valence-electron chi connectivity index (χ2n) is 3.54. The molecule has 1 aromatic rings. The molecule has 0 saturated carbocycles. The van der Waals surface area contributed by atoms with Crippen molar-refractivity contribution in [1.82, 2.24) is 5.43 Å². The predicted molar refractivity (Wildman–Crippen MR) is 63.2 cm³/mol. The summed E-state index contributed by atoms with van der Waals surface area (Å²) < 4.78 is 0. The van der Waals surface area contributed by atoms with Crippen molar-refractivity contribution in [3.8, 4) is 0 Å². The molecule has 2 nitrogen and oxygen atoms in total. The zero-order chi connectivity index (χ0) is 10.6. The van der Waals surface area contributed by atoms with E-state index in [1.807, 2.05) is 6.92 Å². The van der Waals surface area contributed by atoms with Crippen molar-refractivity contribution in [3.63, 3.8) is 0 Å². The highest BCUT2D eigenvalue weighted by Gasteiger charge is 2.14. The molecule has 0 spiro atoms. The van der Waals surface area contributed by atoms with Crippen LogP contribution in [0.2, 0.25) is 0 Å². The van der Waals surface area contributed by atoms with E-state index in [0.717, 1.165) is 18.4 Å². The van der Waals surface area contributed by atoms with E-state index in [1.54, 1.807) is 11.3 Å². The molecule has 0 aliphatic rings. The van der Waals surface area contributed by atoms with Crippen LogP contribution in [-0.4, -0.2) is 0 Å². The largest absolute Gasteiger partial charge is 0.271 e. The Morgan fingerprint density at radius 1 is 1.71 bits per heavy atom. The van der Waals surface area contributed by atoms with Gasteiger partial charge in [0.15, 0.2) is 0 Å². The van der Waals surface area contributed by atoms with Crippen LogP contribution in [0.4, 0.5) is 0 Å². The minimum absolute atomic E-state index is 0.224. The standard InChI is InChI=1S/C11H18N2S/c1-4-9-5-6-14-11(9)10(13-12)7-8(2)3/h5-6,10,13H,2,4,7,12H2,1,3H3. The van der Waals surface area contributed by atoms with Crippen molar-refractivity contribution in [2.75, 3.05) is 0 Å². The van der Waals surface area contributed by atoms with Gasteiger partial charge in [0.25, 0.3) is 0 Å². The lowest BCUT2D eigenvalue weighted by Gasteiger charge is -2.15. The lowest BCUT2D eigenvalue weighted by Crippen LogP contribution is -2.28. The SMILES string of the molecule is C=C(C)CC(NN)c1sccc1CC.